The van der Waals surface area contributed by atoms with Crippen LogP contribution in [0.15, 0.2) is 47.3 Å². The molecule has 2 fully saturated rings. The number of ether oxygens (including phenoxy) is 1. The number of aliphatic hydroxyl groups is 1. The number of nitrogens with zero attached hydrogens (tertiary/aromatic N) is 6. The quantitative estimate of drug-likeness (QED) is 0.180. The number of rotatable bonds is 9. The Hall–Kier alpha value is -3.31. The molecule has 0 spiro atoms. The summed E-state index contributed by atoms with van der Waals surface area (Å²) in [4.78, 5) is 23.1. The number of halogens is 1. The maximum Gasteiger partial charge on any atom is 0.229 e. The molecule has 13 heteroatoms. The summed E-state index contributed by atoms with van der Waals surface area (Å²) in [6.45, 7) is 13.3. The van der Waals surface area contributed by atoms with E-state index in [1.54, 1.807) is 39.0 Å². The molecule has 4 heterocycles. The average Bonchev–Trinajstić information content (AvgIpc) is 2.97. The van der Waals surface area contributed by atoms with Crippen LogP contribution in [0, 0.1) is 12.8 Å². The highest BCUT2D eigenvalue weighted by Crippen LogP contribution is 2.42. The van der Waals surface area contributed by atoms with Gasteiger partial charge in [-0.1, -0.05) is 0 Å². The van der Waals surface area contributed by atoms with Gasteiger partial charge in [0.25, 0.3) is 0 Å². The Morgan fingerprint density at radius 1 is 1.04 bits per heavy atom. The largest absolute Gasteiger partial charge is 0.494 e. The zero-order valence-corrected chi connectivity index (χ0v) is 29.7. The summed E-state index contributed by atoms with van der Waals surface area (Å²) in [7, 11) is -1.07. The van der Waals surface area contributed by atoms with Gasteiger partial charge in [0.1, 0.15) is 24.2 Å². The number of piperidine rings is 1. The number of fused-ring (bicyclic) bond motifs is 1. The maximum absolute atomic E-state index is 13.4. The molecule has 0 bridgehead atoms. The molecular formula is C33H42BrN8O3P. The van der Waals surface area contributed by atoms with E-state index >= 15 is 0 Å². The van der Waals surface area contributed by atoms with Crippen molar-refractivity contribution < 1.29 is 14.4 Å². The molecule has 6 rings (SSSR count). The Morgan fingerprint density at radius 2 is 1.76 bits per heavy atom. The lowest BCUT2D eigenvalue weighted by Crippen LogP contribution is -2.60. The van der Waals surface area contributed by atoms with Crippen molar-refractivity contribution in [2.75, 3.05) is 62.2 Å². The van der Waals surface area contributed by atoms with Crippen molar-refractivity contribution in [1.29, 1.82) is 0 Å². The van der Waals surface area contributed by atoms with Crippen LogP contribution >= 0.6 is 23.1 Å². The Morgan fingerprint density at radius 3 is 2.43 bits per heavy atom. The molecule has 2 aliphatic heterocycles. The highest BCUT2D eigenvalue weighted by atomic mass is 79.9. The molecule has 2 aromatic heterocycles. The number of aromatic nitrogens is 4. The van der Waals surface area contributed by atoms with E-state index in [-0.39, 0.29) is 0 Å². The van der Waals surface area contributed by atoms with Crippen molar-refractivity contribution in [2.45, 2.75) is 45.3 Å². The number of hydrogen-bond acceptors (Lipinski definition) is 11. The lowest BCUT2D eigenvalue weighted by atomic mass is 9.82. The van der Waals surface area contributed by atoms with Crippen LogP contribution in [0.3, 0.4) is 0 Å². The first-order chi connectivity index (χ1) is 21.8. The number of benzene rings is 2. The van der Waals surface area contributed by atoms with E-state index in [2.05, 4.69) is 70.4 Å². The number of nitrogens with one attached hydrogen (secondary N) is 2. The summed E-state index contributed by atoms with van der Waals surface area (Å²) in [6.07, 6.45) is 7.11. The van der Waals surface area contributed by atoms with Crippen molar-refractivity contribution in [3.63, 3.8) is 0 Å². The minimum atomic E-state index is -2.74. The summed E-state index contributed by atoms with van der Waals surface area (Å²) in [5, 5.41) is 17.6. The van der Waals surface area contributed by atoms with E-state index in [1.807, 2.05) is 26.0 Å². The topological polar surface area (TPSA) is 129 Å². The van der Waals surface area contributed by atoms with Crippen LogP contribution in [0.25, 0.3) is 11.0 Å². The molecule has 2 aliphatic rings. The third kappa shape index (κ3) is 6.72. The molecule has 0 radical (unpaired) electrons. The van der Waals surface area contributed by atoms with E-state index in [4.69, 9.17) is 9.72 Å². The zero-order chi connectivity index (χ0) is 32.8. The number of hydrogen-bond donors (Lipinski definition) is 3. The molecule has 0 aliphatic carbocycles. The molecule has 0 atom stereocenters. The van der Waals surface area contributed by atoms with Crippen LogP contribution in [-0.4, -0.2) is 88.2 Å². The van der Waals surface area contributed by atoms with Gasteiger partial charge in [0.2, 0.25) is 5.95 Å². The van der Waals surface area contributed by atoms with Crippen LogP contribution in [0.5, 0.6) is 5.75 Å². The molecule has 46 heavy (non-hydrogen) atoms. The van der Waals surface area contributed by atoms with Crippen LogP contribution in [0.2, 0.25) is 0 Å². The van der Waals surface area contributed by atoms with E-state index in [0.717, 1.165) is 56.0 Å². The lowest BCUT2D eigenvalue weighted by Gasteiger charge is -2.51. The van der Waals surface area contributed by atoms with E-state index in [0.29, 0.717) is 56.0 Å². The molecule has 0 unspecified atom stereocenters. The van der Waals surface area contributed by atoms with Crippen molar-refractivity contribution in [2.24, 2.45) is 5.92 Å². The van der Waals surface area contributed by atoms with E-state index in [1.165, 1.54) is 0 Å². The van der Waals surface area contributed by atoms with Gasteiger partial charge in [0.15, 0.2) is 0 Å². The minimum Gasteiger partial charge on any atom is -0.494 e. The van der Waals surface area contributed by atoms with Crippen molar-refractivity contribution in [1.82, 2.24) is 24.8 Å². The van der Waals surface area contributed by atoms with Gasteiger partial charge >= 0.3 is 0 Å². The second-order valence-corrected chi connectivity index (χ2v) is 17.2. The van der Waals surface area contributed by atoms with Gasteiger partial charge in [0, 0.05) is 68.5 Å². The first kappa shape index (κ1) is 32.6. The normalized spacial score (nSPS) is 16.8. The first-order valence-corrected chi connectivity index (χ1v) is 19.0. The number of anilines is 5. The molecule has 11 nitrogen and oxygen atoms in total. The fraction of sp³-hybridized carbons (Fsp3) is 0.455. The van der Waals surface area contributed by atoms with Gasteiger partial charge in [-0.15, -0.1) is 0 Å². The highest BCUT2D eigenvalue weighted by molar-refractivity contribution is 9.10. The Kier molecular flexibility index (Phi) is 9.02. The Labute approximate surface area is 278 Å². The fourth-order valence-electron chi connectivity index (χ4n) is 6.45. The van der Waals surface area contributed by atoms with Crippen LogP contribution in [0.1, 0.15) is 32.3 Å². The van der Waals surface area contributed by atoms with E-state index in [9.17, 15) is 9.67 Å². The summed E-state index contributed by atoms with van der Waals surface area (Å²) in [6, 6.07) is 8.45. The Bertz CT molecular complexity index is 1800. The van der Waals surface area contributed by atoms with Gasteiger partial charge in [-0.25, -0.2) is 4.98 Å². The predicted octanol–water partition coefficient (Wildman–Crippen LogP) is 5.91. The SMILES string of the molecule is COc1cc(N2CCC(N3CC(C(C)(C)O)C3)CC2)c(C)cc1Nc1ncc(Br)c(Nc2ccc3nccnc3c2P(C)(C)=O)n1. The first-order valence-electron chi connectivity index (χ1n) is 15.6. The molecule has 244 valence electrons. The summed E-state index contributed by atoms with van der Waals surface area (Å²) in [5.41, 5.74) is 4.39. The molecule has 0 saturated carbocycles. The number of likely N-dealkylation sites (tertiary alicyclic amines) is 1. The predicted molar refractivity (Wildman–Crippen MR) is 189 cm³/mol. The standard InChI is InChI=1S/C33H42BrN8O3P/c1-20-15-26(28(45-4)16-27(20)41-13-9-22(10-14-41)42-18-21(19-42)33(2,3)43)39-32-37-17-23(34)31(40-32)38-25-8-7-24-29(36-12-11-35-24)30(25)46(5,6)44/h7-8,11-12,15-17,21-22,43H,9-10,13-14,18-19H2,1-6H3,(H2,37,38,39,40). The fourth-order valence-corrected chi connectivity index (χ4v) is 8.13. The second-order valence-electron chi connectivity index (χ2n) is 13.2. The monoisotopic (exact) mass is 708 g/mol. The van der Waals surface area contributed by atoms with Gasteiger partial charge in [0.05, 0.1) is 39.4 Å². The summed E-state index contributed by atoms with van der Waals surface area (Å²) < 4.78 is 19.9. The van der Waals surface area contributed by atoms with Gasteiger partial charge in [-0.2, -0.15) is 4.98 Å². The second kappa shape index (κ2) is 12.7. The summed E-state index contributed by atoms with van der Waals surface area (Å²) >= 11 is 3.57. The third-order valence-corrected chi connectivity index (χ3v) is 11.3. The molecule has 4 aromatic rings. The zero-order valence-electron chi connectivity index (χ0n) is 27.2. The maximum atomic E-state index is 13.4. The summed E-state index contributed by atoms with van der Waals surface area (Å²) in [5.74, 6) is 1.96. The minimum absolute atomic E-state index is 0.357. The van der Waals surface area contributed by atoms with Crippen molar-refractivity contribution in [3.8, 4) is 5.75 Å². The van der Waals surface area contributed by atoms with Crippen LogP contribution < -0.4 is 25.6 Å². The van der Waals surface area contributed by atoms with Crippen molar-refractivity contribution in [3.05, 3.63) is 52.9 Å². The third-order valence-electron chi connectivity index (χ3n) is 9.14. The van der Waals surface area contributed by atoms with E-state index < -0.39 is 12.7 Å². The van der Waals surface area contributed by atoms with Gasteiger partial charge in [-0.3, -0.25) is 14.9 Å². The lowest BCUT2D eigenvalue weighted by molar-refractivity contribution is -0.0795. The molecule has 0 amide bonds. The molecule has 2 aromatic carbocycles. The van der Waals surface area contributed by atoms with Crippen LogP contribution in [0.4, 0.5) is 28.8 Å². The number of aryl methyl sites for hydroxylation is 1. The Balaban J connectivity index is 1.19. The average molecular weight is 710 g/mol. The van der Waals surface area contributed by atoms with Crippen molar-refractivity contribution >= 4 is 68.2 Å². The van der Waals surface area contributed by atoms with Gasteiger partial charge < -0.3 is 29.9 Å². The van der Waals surface area contributed by atoms with Crippen LogP contribution in [-0.2, 0) is 4.57 Å². The molecule has 3 N–H and O–H groups in total. The van der Waals surface area contributed by atoms with Gasteiger partial charge in [-0.05, 0) is 86.6 Å². The molecular weight excluding hydrogens is 667 g/mol. The highest BCUT2D eigenvalue weighted by Gasteiger charge is 2.41. The smallest absolute Gasteiger partial charge is 0.229 e. The molecule has 2 saturated heterocycles. The number of methoxy groups -OCH3 is 1.